The number of carboxylic acid groups (broad SMARTS) is 1. The van der Waals surface area contributed by atoms with Crippen LogP contribution in [0.25, 0.3) is 0 Å². The lowest BCUT2D eigenvalue weighted by Gasteiger charge is -2.24. The molecule has 0 aromatic rings. The van der Waals surface area contributed by atoms with Crippen LogP contribution in [0.2, 0.25) is 0 Å². The summed E-state index contributed by atoms with van der Waals surface area (Å²) < 4.78 is 0. The van der Waals surface area contributed by atoms with Crippen LogP contribution in [0.5, 0.6) is 0 Å². The molecule has 7 heteroatoms. The number of carbonyl (C=O) groups is 2. The Labute approximate surface area is 104 Å². The summed E-state index contributed by atoms with van der Waals surface area (Å²) in [6.45, 7) is 0.0583. The Morgan fingerprint density at radius 1 is 1.59 bits per heavy atom. The molecule has 1 rings (SSSR count). The molecule has 0 radical (unpaired) electrons. The molecule has 0 spiro atoms. The molecular weight excluding hydrogens is 244 g/mol. The molecule has 1 amide bonds. The summed E-state index contributed by atoms with van der Waals surface area (Å²) in [7, 11) is 0. The number of hydrogen-bond acceptors (Lipinski definition) is 5. The molecule has 98 valence electrons. The summed E-state index contributed by atoms with van der Waals surface area (Å²) in [6.07, 6.45) is 1.74. The Hall–Kier alpha value is -0.790. The Morgan fingerprint density at radius 3 is 2.76 bits per heavy atom. The van der Waals surface area contributed by atoms with Crippen LogP contribution in [0.15, 0.2) is 0 Å². The van der Waals surface area contributed by atoms with Crippen molar-refractivity contribution in [3.63, 3.8) is 0 Å². The van der Waals surface area contributed by atoms with Crippen molar-refractivity contribution in [2.45, 2.75) is 31.0 Å². The fourth-order valence-corrected chi connectivity index (χ4v) is 2.36. The van der Waals surface area contributed by atoms with Crippen molar-refractivity contribution in [1.82, 2.24) is 4.90 Å². The van der Waals surface area contributed by atoms with Gasteiger partial charge in [-0.15, -0.1) is 0 Å². The third-order valence-corrected chi connectivity index (χ3v) is 3.44. The molecule has 0 aromatic carbocycles. The lowest BCUT2D eigenvalue weighted by atomic mass is 10.1. The number of amides is 1. The number of aliphatic hydroxyl groups excluding tert-OH is 1. The first-order chi connectivity index (χ1) is 7.97. The Bertz CT molecular complexity index is 300. The van der Waals surface area contributed by atoms with Gasteiger partial charge in [-0.1, -0.05) is 0 Å². The molecule has 1 aliphatic rings. The molecule has 0 aromatic heterocycles. The van der Waals surface area contributed by atoms with Gasteiger partial charge in [-0.05, 0) is 18.4 Å². The van der Waals surface area contributed by atoms with E-state index in [0.29, 0.717) is 6.42 Å². The van der Waals surface area contributed by atoms with Crippen LogP contribution < -0.4 is 5.73 Å². The summed E-state index contributed by atoms with van der Waals surface area (Å²) >= 11 is 1.58. The first-order valence-electron chi connectivity index (χ1n) is 5.43. The minimum absolute atomic E-state index is 0.0583. The average Bonchev–Trinajstić information content (AvgIpc) is 2.67. The third kappa shape index (κ3) is 3.58. The number of aliphatic carboxylic acids is 1. The van der Waals surface area contributed by atoms with E-state index < -0.39 is 24.2 Å². The largest absolute Gasteiger partial charge is 0.480 e. The van der Waals surface area contributed by atoms with Gasteiger partial charge in [0.25, 0.3) is 0 Å². The van der Waals surface area contributed by atoms with E-state index in [9.17, 15) is 14.7 Å². The van der Waals surface area contributed by atoms with Crippen molar-refractivity contribution in [2.24, 2.45) is 5.73 Å². The highest BCUT2D eigenvalue weighted by atomic mass is 32.2. The molecule has 1 heterocycles. The van der Waals surface area contributed by atoms with E-state index in [1.807, 2.05) is 6.26 Å². The first-order valence-corrected chi connectivity index (χ1v) is 6.82. The number of likely N-dealkylation sites (tertiary alicyclic amines) is 1. The van der Waals surface area contributed by atoms with Gasteiger partial charge < -0.3 is 20.8 Å². The number of β-amino-alcohol motifs (C(OH)–C–C–N with tert-alkyl or cyclic N) is 1. The molecule has 6 nitrogen and oxygen atoms in total. The van der Waals surface area contributed by atoms with Crippen molar-refractivity contribution in [3.8, 4) is 0 Å². The zero-order valence-corrected chi connectivity index (χ0v) is 10.5. The number of hydrogen-bond donors (Lipinski definition) is 3. The molecule has 3 atom stereocenters. The second-order valence-corrected chi connectivity index (χ2v) is 5.11. The van der Waals surface area contributed by atoms with Gasteiger partial charge in [-0.2, -0.15) is 11.8 Å². The summed E-state index contributed by atoms with van der Waals surface area (Å²) in [5, 5.41) is 18.4. The zero-order chi connectivity index (χ0) is 13.0. The monoisotopic (exact) mass is 262 g/mol. The summed E-state index contributed by atoms with van der Waals surface area (Å²) in [6, 6.07) is -1.63. The van der Waals surface area contributed by atoms with Crippen LogP contribution >= 0.6 is 11.8 Å². The predicted octanol–water partition coefficient (Wildman–Crippen LogP) is -0.887. The van der Waals surface area contributed by atoms with Crippen molar-refractivity contribution < 1.29 is 19.8 Å². The van der Waals surface area contributed by atoms with E-state index in [0.717, 1.165) is 5.75 Å². The summed E-state index contributed by atoms with van der Waals surface area (Å²) in [5.74, 6) is -0.726. The average molecular weight is 262 g/mol. The highest BCUT2D eigenvalue weighted by molar-refractivity contribution is 7.98. The van der Waals surface area contributed by atoms with E-state index in [1.54, 1.807) is 11.8 Å². The van der Waals surface area contributed by atoms with E-state index in [2.05, 4.69) is 0 Å². The van der Waals surface area contributed by atoms with Gasteiger partial charge in [0.2, 0.25) is 5.91 Å². The van der Waals surface area contributed by atoms with E-state index in [4.69, 9.17) is 10.8 Å². The second-order valence-electron chi connectivity index (χ2n) is 4.12. The number of nitrogens with two attached hydrogens (primary N) is 1. The molecule has 0 aliphatic carbocycles. The minimum Gasteiger partial charge on any atom is -0.480 e. The van der Waals surface area contributed by atoms with Gasteiger partial charge in [-0.3, -0.25) is 4.79 Å². The van der Waals surface area contributed by atoms with E-state index in [1.165, 1.54) is 4.90 Å². The number of nitrogens with zero attached hydrogens (tertiary/aromatic N) is 1. The maximum absolute atomic E-state index is 11.9. The number of aliphatic hydroxyl groups is 1. The Morgan fingerprint density at radius 2 is 2.24 bits per heavy atom. The summed E-state index contributed by atoms with van der Waals surface area (Å²) in [5.41, 5.74) is 5.71. The number of carboxylic acids is 1. The standard InChI is InChI=1S/C10H18N2O4S/c1-17-3-2-7(11)9(14)12-5-6(13)4-8(12)10(15)16/h6-8,13H,2-5,11H2,1H3,(H,15,16)/t6?,7-,8-/m0/s1. The maximum atomic E-state index is 11.9. The molecule has 1 fully saturated rings. The van der Waals surface area contributed by atoms with Crippen molar-refractivity contribution in [2.75, 3.05) is 18.6 Å². The van der Waals surface area contributed by atoms with Crippen LogP contribution in [-0.2, 0) is 9.59 Å². The SMILES string of the molecule is CSCC[C@H](N)C(=O)N1CC(O)C[C@H]1C(=O)O. The van der Waals surface area contributed by atoms with Crippen LogP contribution in [-0.4, -0.2) is 63.7 Å². The second kappa shape index (κ2) is 6.23. The lowest BCUT2D eigenvalue weighted by Crippen LogP contribution is -2.48. The van der Waals surface area contributed by atoms with Crippen molar-refractivity contribution in [1.29, 1.82) is 0 Å². The zero-order valence-electron chi connectivity index (χ0n) is 9.70. The lowest BCUT2D eigenvalue weighted by molar-refractivity contribution is -0.148. The normalized spacial score (nSPS) is 25.9. The quantitative estimate of drug-likeness (QED) is 0.594. The van der Waals surface area contributed by atoms with Gasteiger partial charge in [0, 0.05) is 13.0 Å². The maximum Gasteiger partial charge on any atom is 0.326 e. The van der Waals surface area contributed by atoms with Gasteiger partial charge >= 0.3 is 5.97 Å². The molecule has 1 unspecified atom stereocenters. The number of carbonyl (C=O) groups excluding carboxylic acids is 1. The molecule has 0 saturated carbocycles. The smallest absolute Gasteiger partial charge is 0.326 e. The van der Waals surface area contributed by atoms with E-state index >= 15 is 0 Å². The molecule has 0 bridgehead atoms. The van der Waals surface area contributed by atoms with Crippen molar-refractivity contribution in [3.05, 3.63) is 0 Å². The van der Waals surface area contributed by atoms with Crippen molar-refractivity contribution >= 4 is 23.6 Å². The highest BCUT2D eigenvalue weighted by Gasteiger charge is 2.40. The third-order valence-electron chi connectivity index (χ3n) is 2.80. The van der Waals surface area contributed by atoms with Crippen LogP contribution in [0, 0.1) is 0 Å². The predicted molar refractivity (Wildman–Crippen MR) is 64.7 cm³/mol. The van der Waals surface area contributed by atoms with Crippen LogP contribution in [0.4, 0.5) is 0 Å². The van der Waals surface area contributed by atoms with Gasteiger partial charge in [-0.25, -0.2) is 4.79 Å². The molecular formula is C10H18N2O4S. The fourth-order valence-electron chi connectivity index (χ4n) is 1.87. The van der Waals surface area contributed by atoms with Gasteiger partial charge in [0.15, 0.2) is 0 Å². The minimum atomic E-state index is -1.09. The molecule has 1 aliphatic heterocycles. The summed E-state index contributed by atoms with van der Waals surface area (Å²) in [4.78, 5) is 24.1. The highest BCUT2D eigenvalue weighted by Crippen LogP contribution is 2.19. The topological polar surface area (TPSA) is 104 Å². The molecule has 17 heavy (non-hydrogen) atoms. The fraction of sp³-hybridized carbons (Fsp3) is 0.800. The Balaban J connectivity index is 2.63. The van der Waals surface area contributed by atoms with Gasteiger partial charge in [0.05, 0.1) is 12.1 Å². The van der Waals surface area contributed by atoms with Gasteiger partial charge in [0.1, 0.15) is 6.04 Å². The first kappa shape index (κ1) is 14.3. The van der Waals surface area contributed by atoms with Crippen LogP contribution in [0.3, 0.4) is 0 Å². The number of thioether (sulfide) groups is 1. The molecule has 4 N–H and O–H groups in total. The van der Waals surface area contributed by atoms with E-state index in [-0.39, 0.29) is 18.9 Å². The Kier molecular flexibility index (Phi) is 5.23. The number of rotatable bonds is 5. The molecule has 1 saturated heterocycles. The van der Waals surface area contributed by atoms with Crippen LogP contribution in [0.1, 0.15) is 12.8 Å².